The average molecular weight is 482 g/mol. The highest BCUT2D eigenvalue weighted by atomic mass is 16.5. The number of ether oxygens (including phenoxy) is 1. The molecule has 1 aromatic heterocycles. The van der Waals surface area contributed by atoms with E-state index in [0.717, 1.165) is 49.7 Å². The topological polar surface area (TPSA) is 54.5 Å². The number of para-hydroxylation sites is 1. The van der Waals surface area contributed by atoms with Crippen LogP contribution in [0.4, 0.5) is 0 Å². The lowest BCUT2D eigenvalue weighted by atomic mass is 9.87. The number of rotatable bonds is 8. The number of benzene rings is 2. The summed E-state index contributed by atoms with van der Waals surface area (Å²) in [5.74, 6) is 1.73. The van der Waals surface area contributed by atoms with Crippen LogP contribution in [-0.2, 0) is 11.4 Å². The molecule has 1 N–H and O–H groups in total. The third kappa shape index (κ3) is 6.03. The largest absolute Gasteiger partial charge is 0.489 e. The van der Waals surface area contributed by atoms with Crippen molar-refractivity contribution < 1.29 is 9.53 Å². The first-order valence-corrected chi connectivity index (χ1v) is 13.2. The smallest absolute Gasteiger partial charge is 0.243 e. The van der Waals surface area contributed by atoms with Crippen molar-refractivity contribution in [3.05, 3.63) is 101 Å². The summed E-state index contributed by atoms with van der Waals surface area (Å²) < 4.78 is 6.18. The summed E-state index contributed by atoms with van der Waals surface area (Å²) in [6.45, 7) is 3.57. The Kier molecular flexibility index (Phi) is 8.09. The molecule has 2 aliphatic heterocycles. The van der Waals surface area contributed by atoms with Crippen molar-refractivity contribution in [2.24, 2.45) is 5.92 Å². The fraction of sp³-hybridized carbons (Fsp3) is 0.355. The molecule has 1 amide bonds. The van der Waals surface area contributed by atoms with Crippen molar-refractivity contribution in [1.82, 2.24) is 15.2 Å². The average Bonchev–Trinajstić information content (AvgIpc) is 3.10. The third-order valence-electron chi connectivity index (χ3n) is 7.41. The molecule has 2 aromatic carbocycles. The molecule has 3 aromatic rings. The molecular weight excluding hydrogens is 446 g/mol. The van der Waals surface area contributed by atoms with E-state index in [-0.39, 0.29) is 11.9 Å². The van der Waals surface area contributed by atoms with Gasteiger partial charge in [-0.3, -0.25) is 14.7 Å². The summed E-state index contributed by atoms with van der Waals surface area (Å²) >= 11 is 0. The molecule has 2 aliphatic rings. The Bertz CT molecular complexity index is 1120. The van der Waals surface area contributed by atoms with Crippen molar-refractivity contribution in [2.45, 2.75) is 44.8 Å². The molecule has 1 atom stereocenters. The van der Waals surface area contributed by atoms with Gasteiger partial charge >= 0.3 is 0 Å². The predicted molar refractivity (Wildman–Crippen MR) is 143 cm³/mol. The number of carbonyl (C=O) groups excluding carboxylic acids is 1. The SMILES string of the molecule is O=C(/C=C\c1cccnc1)NCCCCC1CCN(C2c3ccccc3COc3ccccc32)CC1. The molecule has 1 fully saturated rings. The van der Waals surface area contributed by atoms with Crippen molar-refractivity contribution >= 4 is 12.0 Å². The van der Waals surface area contributed by atoms with Gasteiger partial charge in [-0.15, -0.1) is 0 Å². The van der Waals surface area contributed by atoms with Gasteiger partial charge in [0.25, 0.3) is 0 Å². The summed E-state index contributed by atoms with van der Waals surface area (Å²) in [6, 6.07) is 21.3. The number of likely N-dealkylation sites (tertiary alicyclic amines) is 1. The predicted octanol–water partition coefficient (Wildman–Crippen LogP) is 5.78. The first-order valence-electron chi connectivity index (χ1n) is 13.2. The van der Waals surface area contributed by atoms with Gasteiger partial charge in [0.2, 0.25) is 5.91 Å². The van der Waals surface area contributed by atoms with Gasteiger partial charge in [-0.25, -0.2) is 0 Å². The number of hydrogen-bond donors (Lipinski definition) is 1. The lowest BCUT2D eigenvalue weighted by Gasteiger charge is -2.38. The summed E-state index contributed by atoms with van der Waals surface area (Å²) in [6.07, 6.45) is 12.7. The molecule has 5 heteroatoms. The van der Waals surface area contributed by atoms with Crippen LogP contribution in [0.3, 0.4) is 0 Å². The number of piperidine rings is 1. The van der Waals surface area contributed by atoms with Crippen LogP contribution in [0.25, 0.3) is 6.08 Å². The van der Waals surface area contributed by atoms with Crippen LogP contribution < -0.4 is 10.1 Å². The monoisotopic (exact) mass is 481 g/mol. The Morgan fingerprint density at radius 1 is 1.00 bits per heavy atom. The minimum absolute atomic E-state index is 0.0416. The minimum Gasteiger partial charge on any atom is -0.489 e. The van der Waals surface area contributed by atoms with E-state index >= 15 is 0 Å². The van der Waals surface area contributed by atoms with E-state index in [4.69, 9.17) is 4.74 Å². The molecule has 0 spiro atoms. The number of fused-ring (bicyclic) bond motifs is 2. The van der Waals surface area contributed by atoms with Gasteiger partial charge in [0.1, 0.15) is 12.4 Å². The molecule has 1 unspecified atom stereocenters. The Morgan fingerprint density at radius 3 is 2.64 bits per heavy atom. The molecule has 186 valence electrons. The Balaban J connectivity index is 1.08. The summed E-state index contributed by atoms with van der Waals surface area (Å²) in [5, 5.41) is 3.00. The molecule has 36 heavy (non-hydrogen) atoms. The maximum Gasteiger partial charge on any atom is 0.243 e. The molecule has 0 bridgehead atoms. The minimum atomic E-state index is -0.0416. The number of unbranched alkanes of at least 4 members (excludes halogenated alkanes) is 1. The molecule has 5 nitrogen and oxygen atoms in total. The summed E-state index contributed by atoms with van der Waals surface area (Å²) in [7, 11) is 0. The lowest BCUT2D eigenvalue weighted by Crippen LogP contribution is -2.37. The van der Waals surface area contributed by atoms with Gasteiger partial charge in [0.05, 0.1) is 6.04 Å². The maximum absolute atomic E-state index is 12.0. The highest BCUT2D eigenvalue weighted by molar-refractivity contribution is 5.91. The molecule has 1 saturated heterocycles. The zero-order valence-corrected chi connectivity index (χ0v) is 20.8. The number of nitrogens with zero attached hydrogens (tertiary/aromatic N) is 2. The second kappa shape index (κ2) is 12.0. The van der Waals surface area contributed by atoms with Crippen LogP contribution in [0.15, 0.2) is 79.1 Å². The van der Waals surface area contributed by atoms with Crippen LogP contribution in [0.5, 0.6) is 5.75 Å². The van der Waals surface area contributed by atoms with Crippen molar-refractivity contribution in [1.29, 1.82) is 0 Å². The first kappa shape index (κ1) is 24.3. The Morgan fingerprint density at radius 2 is 1.81 bits per heavy atom. The van der Waals surface area contributed by atoms with Crippen LogP contribution in [0, 0.1) is 5.92 Å². The zero-order valence-electron chi connectivity index (χ0n) is 20.8. The fourth-order valence-corrected chi connectivity index (χ4v) is 5.46. The quantitative estimate of drug-likeness (QED) is 0.328. The van der Waals surface area contributed by atoms with E-state index in [1.54, 1.807) is 24.5 Å². The van der Waals surface area contributed by atoms with Crippen molar-refractivity contribution in [3.8, 4) is 5.75 Å². The number of carbonyl (C=O) groups is 1. The number of nitrogens with one attached hydrogen (secondary N) is 1. The van der Waals surface area contributed by atoms with Crippen LogP contribution in [0.1, 0.15) is 60.4 Å². The van der Waals surface area contributed by atoms with E-state index < -0.39 is 0 Å². The fourth-order valence-electron chi connectivity index (χ4n) is 5.46. The number of pyridine rings is 1. The van der Waals surface area contributed by atoms with E-state index in [2.05, 4.69) is 63.7 Å². The Labute approximate surface area is 214 Å². The van der Waals surface area contributed by atoms with E-state index in [0.29, 0.717) is 6.61 Å². The highest BCUT2D eigenvalue weighted by Gasteiger charge is 2.31. The normalized spacial score (nSPS) is 18.2. The molecule has 3 heterocycles. The van der Waals surface area contributed by atoms with Gasteiger partial charge in [0, 0.05) is 30.6 Å². The molecule has 5 rings (SSSR count). The number of amides is 1. The van der Waals surface area contributed by atoms with Gasteiger partial charge in [0.15, 0.2) is 0 Å². The van der Waals surface area contributed by atoms with E-state index in [9.17, 15) is 4.79 Å². The number of aromatic nitrogens is 1. The highest BCUT2D eigenvalue weighted by Crippen LogP contribution is 2.41. The third-order valence-corrected chi connectivity index (χ3v) is 7.41. The first-order chi connectivity index (χ1) is 17.8. The summed E-state index contributed by atoms with van der Waals surface area (Å²) in [5.41, 5.74) is 4.89. The second-order valence-corrected chi connectivity index (χ2v) is 9.81. The van der Waals surface area contributed by atoms with E-state index in [1.807, 2.05) is 12.1 Å². The van der Waals surface area contributed by atoms with Crippen molar-refractivity contribution in [3.63, 3.8) is 0 Å². The van der Waals surface area contributed by atoms with Gasteiger partial charge in [-0.2, -0.15) is 0 Å². The van der Waals surface area contributed by atoms with Crippen molar-refractivity contribution in [2.75, 3.05) is 19.6 Å². The van der Waals surface area contributed by atoms with Crippen LogP contribution in [-0.4, -0.2) is 35.4 Å². The number of hydrogen-bond acceptors (Lipinski definition) is 4. The lowest BCUT2D eigenvalue weighted by molar-refractivity contribution is -0.116. The van der Waals surface area contributed by atoms with E-state index in [1.165, 1.54) is 36.0 Å². The standard InChI is InChI=1S/C31H35N3O2/c35-30(15-14-25-9-7-18-32-22-25)33-19-6-5-8-24-16-20-34(21-17-24)31-27-11-2-1-10-26(27)23-36-29-13-4-3-12-28(29)31/h1-4,7,9-15,18,22,24,31H,5-6,8,16-17,19-21,23H2,(H,33,35)/b15-14-. The molecule has 0 saturated carbocycles. The Hall–Kier alpha value is -3.44. The van der Waals surface area contributed by atoms with Gasteiger partial charge in [-0.1, -0.05) is 61.4 Å². The molecule has 0 radical (unpaired) electrons. The van der Waals surface area contributed by atoms with Gasteiger partial charge < -0.3 is 10.1 Å². The summed E-state index contributed by atoms with van der Waals surface area (Å²) in [4.78, 5) is 18.7. The van der Waals surface area contributed by atoms with Gasteiger partial charge in [-0.05, 0) is 73.2 Å². The zero-order chi connectivity index (χ0) is 24.6. The second-order valence-electron chi connectivity index (χ2n) is 9.81. The molecule has 0 aliphatic carbocycles. The molecular formula is C31H35N3O2. The van der Waals surface area contributed by atoms with Crippen LogP contribution >= 0.6 is 0 Å². The van der Waals surface area contributed by atoms with Crippen LogP contribution in [0.2, 0.25) is 0 Å². The maximum atomic E-state index is 12.0.